The number of nitrogens with one attached hydrogen (secondary N) is 2. The van der Waals surface area contributed by atoms with Crippen LogP contribution in [0.3, 0.4) is 0 Å². The van der Waals surface area contributed by atoms with Gasteiger partial charge in [-0.25, -0.2) is 0 Å². The highest BCUT2D eigenvalue weighted by molar-refractivity contribution is 5.94. The average Bonchev–Trinajstić information content (AvgIpc) is 3.29. The highest BCUT2D eigenvalue weighted by Crippen LogP contribution is 2.24. The van der Waals surface area contributed by atoms with Crippen LogP contribution in [-0.4, -0.2) is 55.4 Å². The van der Waals surface area contributed by atoms with Gasteiger partial charge in [-0.2, -0.15) is 0 Å². The lowest BCUT2D eigenvalue weighted by atomic mass is 9.97. The maximum Gasteiger partial charge on any atom is 0.251 e. The van der Waals surface area contributed by atoms with Crippen molar-refractivity contribution in [3.05, 3.63) is 29.8 Å². The summed E-state index contributed by atoms with van der Waals surface area (Å²) in [4.78, 5) is 39.5. The van der Waals surface area contributed by atoms with Gasteiger partial charge in [0.1, 0.15) is 11.8 Å². The van der Waals surface area contributed by atoms with Crippen molar-refractivity contribution < 1.29 is 19.1 Å². The largest absolute Gasteiger partial charge is 0.497 e. The molecular weight excluding hydrogens is 394 g/mol. The van der Waals surface area contributed by atoms with Crippen LogP contribution in [0.5, 0.6) is 5.75 Å². The van der Waals surface area contributed by atoms with Crippen LogP contribution in [-0.2, 0) is 9.59 Å². The van der Waals surface area contributed by atoms with Crippen molar-refractivity contribution in [3.8, 4) is 5.75 Å². The molecule has 7 nitrogen and oxygen atoms in total. The second-order valence-corrected chi connectivity index (χ2v) is 8.07. The van der Waals surface area contributed by atoms with E-state index >= 15 is 0 Å². The van der Waals surface area contributed by atoms with E-state index in [2.05, 4.69) is 17.6 Å². The number of nitrogens with zero attached hydrogens (tertiary/aromatic N) is 1. The molecule has 0 bridgehead atoms. The molecular formula is C24H37N3O4. The van der Waals surface area contributed by atoms with Gasteiger partial charge in [-0.05, 0) is 56.4 Å². The normalized spacial score (nSPS) is 16.6. The quantitative estimate of drug-likeness (QED) is 0.498. The zero-order valence-electron chi connectivity index (χ0n) is 19.1. The minimum absolute atomic E-state index is 0.0153. The Morgan fingerprint density at radius 2 is 1.81 bits per heavy atom. The lowest BCUT2D eigenvalue weighted by molar-refractivity contribution is -0.141. The van der Waals surface area contributed by atoms with Crippen molar-refractivity contribution in [2.75, 3.05) is 26.7 Å². The first-order valence-electron chi connectivity index (χ1n) is 11.5. The van der Waals surface area contributed by atoms with Crippen LogP contribution in [0.15, 0.2) is 24.3 Å². The molecule has 1 aliphatic rings. The Balaban J connectivity index is 1.73. The summed E-state index contributed by atoms with van der Waals surface area (Å²) in [6, 6.07) is 6.55. The molecule has 2 N–H and O–H groups in total. The fourth-order valence-electron chi connectivity index (χ4n) is 3.95. The third kappa shape index (κ3) is 7.26. The molecule has 1 fully saturated rings. The maximum absolute atomic E-state index is 12.9. The van der Waals surface area contributed by atoms with Crippen LogP contribution >= 0.6 is 0 Å². The van der Waals surface area contributed by atoms with Gasteiger partial charge in [0.25, 0.3) is 5.91 Å². The molecule has 0 aromatic heterocycles. The molecule has 31 heavy (non-hydrogen) atoms. The van der Waals surface area contributed by atoms with Crippen LogP contribution in [0, 0.1) is 5.92 Å². The van der Waals surface area contributed by atoms with Crippen LogP contribution in [0.4, 0.5) is 0 Å². The number of carbonyl (C=O) groups is 3. The molecule has 0 spiro atoms. The molecule has 172 valence electrons. The summed E-state index contributed by atoms with van der Waals surface area (Å²) in [5.74, 6) is 0.605. The number of ether oxygens (including phenoxy) is 1. The van der Waals surface area contributed by atoms with Gasteiger partial charge in [0.05, 0.1) is 7.11 Å². The molecule has 3 amide bonds. The number of rotatable bonds is 12. The van der Waals surface area contributed by atoms with E-state index in [4.69, 9.17) is 4.74 Å². The van der Waals surface area contributed by atoms with Crippen molar-refractivity contribution in [2.45, 2.75) is 64.8 Å². The molecule has 0 radical (unpaired) electrons. The molecule has 0 unspecified atom stereocenters. The van der Waals surface area contributed by atoms with E-state index in [0.717, 1.165) is 38.5 Å². The molecule has 1 saturated heterocycles. The summed E-state index contributed by atoms with van der Waals surface area (Å²) < 4.78 is 5.09. The van der Waals surface area contributed by atoms with Gasteiger partial charge in [-0.1, -0.05) is 26.7 Å². The standard InChI is InChI=1S/C24H37N3O4/c1-4-6-9-18(5-2)24(30)27-17-7-10-21(27)23(29)26-16-8-15-25-22(28)19-11-13-20(31-3)14-12-19/h11-14,18,21H,4-10,15-17H2,1-3H3,(H,25,28)(H,26,29)/t18-,21+/m1/s1. The van der Waals surface area contributed by atoms with Crippen molar-refractivity contribution >= 4 is 17.7 Å². The predicted molar refractivity (Wildman–Crippen MR) is 121 cm³/mol. The van der Waals surface area contributed by atoms with Crippen LogP contribution in [0.2, 0.25) is 0 Å². The summed E-state index contributed by atoms with van der Waals surface area (Å²) in [6.07, 6.45) is 6.03. The number of unbranched alkanes of at least 4 members (excludes halogenated alkanes) is 1. The number of hydrogen-bond acceptors (Lipinski definition) is 4. The van der Waals surface area contributed by atoms with E-state index in [9.17, 15) is 14.4 Å². The minimum atomic E-state index is -0.364. The zero-order valence-corrected chi connectivity index (χ0v) is 19.1. The van der Waals surface area contributed by atoms with Gasteiger partial charge in [-0.3, -0.25) is 14.4 Å². The number of amides is 3. The maximum atomic E-state index is 12.9. The SMILES string of the molecule is CCCC[C@@H](CC)C(=O)N1CCC[C@H]1C(=O)NCCCNC(=O)c1ccc(OC)cc1. The second kappa shape index (κ2) is 13.0. The summed E-state index contributed by atoms with van der Waals surface area (Å²) >= 11 is 0. The van der Waals surface area contributed by atoms with Gasteiger partial charge >= 0.3 is 0 Å². The number of hydrogen-bond donors (Lipinski definition) is 2. The Kier molecular flexibility index (Phi) is 10.3. The van der Waals surface area contributed by atoms with Crippen LogP contribution in [0.25, 0.3) is 0 Å². The third-order valence-corrected chi connectivity index (χ3v) is 5.88. The summed E-state index contributed by atoms with van der Waals surface area (Å²) in [5.41, 5.74) is 0.568. The highest BCUT2D eigenvalue weighted by atomic mass is 16.5. The third-order valence-electron chi connectivity index (χ3n) is 5.88. The molecule has 1 aromatic carbocycles. The highest BCUT2D eigenvalue weighted by Gasteiger charge is 2.36. The molecule has 1 heterocycles. The van der Waals surface area contributed by atoms with Gasteiger partial charge in [0, 0.05) is 31.1 Å². The number of likely N-dealkylation sites (tertiary alicyclic amines) is 1. The lowest BCUT2D eigenvalue weighted by Gasteiger charge is -2.28. The number of benzene rings is 1. The van der Waals surface area contributed by atoms with Crippen molar-refractivity contribution in [3.63, 3.8) is 0 Å². The first kappa shape index (κ1) is 24.7. The molecule has 2 rings (SSSR count). The van der Waals surface area contributed by atoms with E-state index < -0.39 is 0 Å². The minimum Gasteiger partial charge on any atom is -0.497 e. The summed E-state index contributed by atoms with van der Waals surface area (Å²) in [6.45, 7) is 5.77. The Labute approximate surface area is 185 Å². The van der Waals surface area contributed by atoms with E-state index in [1.165, 1.54) is 0 Å². The Morgan fingerprint density at radius 1 is 1.10 bits per heavy atom. The van der Waals surface area contributed by atoms with Crippen LogP contribution in [0.1, 0.15) is 69.2 Å². The summed E-state index contributed by atoms with van der Waals surface area (Å²) in [7, 11) is 1.58. The molecule has 1 aromatic rings. The fraction of sp³-hybridized carbons (Fsp3) is 0.625. The first-order valence-corrected chi connectivity index (χ1v) is 11.5. The molecule has 0 saturated carbocycles. The van der Waals surface area contributed by atoms with Crippen LogP contribution < -0.4 is 15.4 Å². The van der Waals surface area contributed by atoms with E-state index in [0.29, 0.717) is 37.4 Å². The topological polar surface area (TPSA) is 87.7 Å². The van der Waals surface area contributed by atoms with Crippen molar-refractivity contribution in [1.29, 1.82) is 0 Å². The lowest BCUT2D eigenvalue weighted by Crippen LogP contribution is -2.48. The van der Waals surface area contributed by atoms with Crippen molar-refractivity contribution in [2.24, 2.45) is 5.92 Å². The molecule has 7 heteroatoms. The van der Waals surface area contributed by atoms with Gasteiger partial charge in [0.15, 0.2) is 0 Å². The number of carbonyl (C=O) groups excluding carboxylic acids is 3. The summed E-state index contributed by atoms with van der Waals surface area (Å²) in [5, 5.41) is 5.79. The van der Waals surface area contributed by atoms with E-state index in [1.807, 2.05) is 6.92 Å². The number of methoxy groups -OCH3 is 1. The van der Waals surface area contributed by atoms with Gasteiger partial charge in [-0.15, -0.1) is 0 Å². The molecule has 1 aliphatic heterocycles. The second-order valence-electron chi connectivity index (χ2n) is 8.07. The Morgan fingerprint density at radius 3 is 2.45 bits per heavy atom. The zero-order chi connectivity index (χ0) is 22.6. The average molecular weight is 432 g/mol. The van der Waals surface area contributed by atoms with Gasteiger partial charge in [0.2, 0.25) is 11.8 Å². The fourth-order valence-corrected chi connectivity index (χ4v) is 3.95. The first-order chi connectivity index (χ1) is 15.0. The van der Waals surface area contributed by atoms with E-state index in [-0.39, 0.29) is 29.7 Å². The van der Waals surface area contributed by atoms with Crippen molar-refractivity contribution in [1.82, 2.24) is 15.5 Å². The smallest absolute Gasteiger partial charge is 0.251 e. The Bertz CT molecular complexity index is 720. The van der Waals surface area contributed by atoms with Gasteiger partial charge < -0.3 is 20.3 Å². The molecule has 0 aliphatic carbocycles. The van der Waals surface area contributed by atoms with E-state index in [1.54, 1.807) is 36.3 Å². The predicted octanol–water partition coefficient (Wildman–Crippen LogP) is 3.14. The monoisotopic (exact) mass is 431 g/mol. The Hall–Kier alpha value is -2.57. The molecule has 2 atom stereocenters.